The minimum Gasteiger partial charge on any atom is -0.404 e. The standard InChI is InChI=1S/C14H19F3N2O/c1-10-8-18-13(2,3)9-19(10)11-6-4-5-7-12(11)20-14(15,16)17/h4-7,10,18H,8-9H2,1-3H3. The van der Waals surface area contributed by atoms with Gasteiger partial charge in [-0.3, -0.25) is 0 Å². The molecule has 20 heavy (non-hydrogen) atoms. The molecule has 1 fully saturated rings. The second kappa shape index (κ2) is 5.16. The summed E-state index contributed by atoms with van der Waals surface area (Å²) in [5, 5.41) is 3.37. The van der Waals surface area contributed by atoms with E-state index in [1.165, 1.54) is 6.07 Å². The molecule has 1 aromatic rings. The highest BCUT2D eigenvalue weighted by Gasteiger charge is 2.35. The van der Waals surface area contributed by atoms with E-state index < -0.39 is 6.36 Å². The molecular weight excluding hydrogens is 269 g/mol. The zero-order chi connectivity index (χ0) is 15.0. The number of benzene rings is 1. The lowest BCUT2D eigenvalue weighted by Crippen LogP contribution is -2.61. The average molecular weight is 288 g/mol. The van der Waals surface area contributed by atoms with Crippen LogP contribution in [0.2, 0.25) is 0 Å². The average Bonchev–Trinajstić information content (AvgIpc) is 2.31. The summed E-state index contributed by atoms with van der Waals surface area (Å²) in [6.45, 7) is 7.37. The van der Waals surface area contributed by atoms with Crippen LogP contribution in [0.3, 0.4) is 0 Å². The number of piperazine rings is 1. The third kappa shape index (κ3) is 3.56. The lowest BCUT2D eigenvalue weighted by atomic mass is 9.98. The molecule has 1 aromatic carbocycles. The zero-order valence-corrected chi connectivity index (χ0v) is 11.8. The van der Waals surface area contributed by atoms with E-state index in [-0.39, 0.29) is 17.3 Å². The Balaban J connectivity index is 2.31. The molecule has 1 N–H and O–H groups in total. The molecule has 1 aliphatic rings. The van der Waals surface area contributed by atoms with E-state index in [0.717, 1.165) is 0 Å². The van der Waals surface area contributed by atoms with Crippen molar-refractivity contribution < 1.29 is 17.9 Å². The Morgan fingerprint density at radius 1 is 1.30 bits per heavy atom. The van der Waals surface area contributed by atoms with Gasteiger partial charge < -0.3 is 15.0 Å². The lowest BCUT2D eigenvalue weighted by Gasteiger charge is -2.45. The summed E-state index contributed by atoms with van der Waals surface area (Å²) in [6.07, 6.45) is -4.68. The third-order valence-electron chi connectivity index (χ3n) is 3.37. The summed E-state index contributed by atoms with van der Waals surface area (Å²) in [5.74, 6) is -0.149. The number of hydrogen-bond donors (Lipinski definition) is 1. The Hall–Kier alpha value is -1.43. The van der Waals surface area contributed by atoms with Crippen LogP contribution in [-0.2, 0) is 0 Å². The minimum absolute atomic E-state index is 0.0982. The van der Waals surface area contributed by atoms with E-state index in [1.54, 1.807) is 18.2 Å². The number of nitrogens with one attached hydrogen (secondary N) is 1. The van der Waals surface area contributed by atoms with Crippen LogP contribution in [0.15, 0.2) is 24.3 Å². The van der Waals surface area contributed by atoms with E-state index in [2.05, 4.69) is 10.1 Å². The zero-order valence-electron chi connectivity index (χ0n) is 11.8. The minimum atomic E-state index is -4.68. The van der Waals surface area contributed by atoms with Crippen molar-refractivity contribution >= 4 is 5.69 Å². The molecular formula is C14H19F3N2O. The number of nitrogens with zero attached hydrogens (tertiary/aromatic N) is 1. The molecule has 1 saturated heterocycles. The fourth-order valence-electron chi connectivity index (χ4n) is 2.40. The van der Waals surface area contributed by atoms with Crippen LogP contribution in [0.5, 0.6) is 5.75 Å². The molecule has 6 heteroatoms. The van der Waals surface area contributed by atoms with Gasteiger partial charge in [0.25, 0.3) is 0 Å². The molecule has 1 atom stereocenters. The van der Waals surface area contributed by atoms with Crippen LogP contribution >= 0.6 is 0 Å². The predicted octanol–water partition coefficient (Wildman–Crippen LogP) is 3.16. The van der Waals surface area contributed by atoms with Gasteiger partial charge in [-0.05, 0) is 32.9 Å². The Bertz CT molecular complexity index is 474. The van der Waals surface area contributed by atoms with Crippen LogP contribution in [0, 0.1) is 0 Å². The number of para-hydroxylation sites is 2. The highest BCUT2D eigenvalue weighted by Crippen LogP contribution is 2.35. The molecule has 0 aromatic heterocycles. The summed E-state index contributed by atoms with van der Waals surface area (Å²) in [5.41, 5.74) is 0.324. The van der Waals surface area contributed by atoms with Gasteiger partial charge in [-0.25, -0.2) is 0 Å². The van der Waals surface area contributed by atoms with E-state index in [1.807, 2.05) is 25.7 Å². The number of alkyl halides is 3. The highest BCUT2D eigenvalue weighted by molar-refractivity contribution is 5.59. The summed E-state index contributed by atoms with van der Waals surface area (Å²) in [7, 11) is 0. The first-order chi connectivity index (χ1) is 9.18. The van der Waals surface area contributed by atoms with Crippen LogP contribution in [0.1, 0.15) is 20.8 Å². The first-order valence-electron chi connectivity index (χ1n) is 6.54. The maximum atomic E-state index is 12.5. The highest BCUT2D eigenvalue weighted by atomic mass is 19.4. The van der Waals surface area contributed by atoms with Gasteiger partial charge in [0.2, 0.25) is 0 Å². The molecule has 0 bridgehead atoms. The van der Waals surface area contributed by atoms with Gasteiger partial charge in [0.15, 0.2) is 5.75 Å². The summed E-state index contributed by atoms with van der Waals surface area (Å²) in [6, 6.07) is 6.38. The van der Waals surface area contributed by atoms with Crippen molar-refractivity contribution in [3.8, 4) is 5.75 Å². The fourth-order valence-corrected chi connectivity index (χ4v) is 2.40. The molecule has 0 saturated carbocycles. The smallest absolute Gasteiger partial charge is 0.404 e. The topological polar surface area (TPSA) is 24.5 Å². The van der Waals surface area contributed by atoms with Gasteiger partial charge in [-0.1, -0.05) is 12.1 Å². The van der Waals surface area contributed by atoms with Crippen LogP contribution in [0.25, 0.3) is 0 Å². The largest absolute Gasteiger partial charge is 0.573 e. The van der Waals surface area contributed by atoms with Crippen molar-refractivity contribution in [2.45, 2.75) is 38.7 Å². The molecule has 1 aliphatic heterocycles. The Labute approximate surface area is 116 Å². The molecule has 112 valence electrons. The Morgan fingerprint density at radius 2 is 1.95 bits per heavy atom. The van der Waals surface area contributed by atoms with Gasteiger partial charge in [0, 0.05) is 24.7 Å². The fraction of sp³-hybridized carbons (Fsp3) is 0.571. The summed E-state index contributed by atoms with van der Waals surface area (Å²) < 4.78 is 41.6. The van der Waals surface area contributed by atoms with E-state index in [4.69, 9.17) is 0 Å². The quantitative estimate of drug-likeness (QED) is 0.904. The maximum absolute atomic E-state index is 12.5. The lowest BCUT2D eigenvalue weighted by molar-refractivity contribution is -0.274. The molecule has 2 rings (SSSR count). The molecule has 0 aliphatic carbocycles. The maximum Gasteiger partial charge on any atom is 0.573 e. The van der Waals surface area contributed by atoms with Gasteiger partial charge >= 0.3 is 6.36 Å². The van der Waals surface area contributed by atoms with Gasteiger partial charge in [0.05, 0.1) is 5.69 Å². The van der Waals surface area contributed by atoms with E-state index in [9.17, 15) is 13.2 Å². The Kier molecular flexibility index (Phi) is 3.86. The molecule has 3 nitrogen and oxygen atoms in total. The van der Waals surface area contributed by atoms with Crippen molar-refractivity contribution in [2.75, 3.05) is 18.0 Å². The van der Waals surface area contributed by atoms with Crippen LogP contribution in [0.4, 0.5) is 18.9 Å². The molecule has 1 unspecified atom stereocenters. The van der Waals surface area contributed by atoms with Crippen molar-refractivity contribution in [1.29, 1.82) is 0 Å². The first-order valence-corrected chi connectivity index (χ1v) is 6.54. The molecule has 0 spiro atoms. The van der Waals surface area contributed by atoms with Gasteiger partial charge in [-0.2, -0.15) is 0 Å². The summed E-state index contributed by atoms with van der Waals surface area (Å²) in [4.78, 5) is 1.96. The van der Waals surface area contributed by atoms with Crippen LogP contribution in [-0.4, -0.2) is 31.0 Å². The van der Waals surface area contributed by atoms with Gasteiger partial charge in [-0.15, -0.1) is 13.2 Å². The second-order valence-electron chi connectivity index (χ2n) is 5.76. The Morgan fingerprint density at radius 3 is 2.60 bits per heavy atom. The van der Waals surface area contributed by atoms with Crippen molar-refractivity contribution in [1.82, 2.24) is 5.32 Å². The number of anilines is 1. The normalized spacial score (nSPS) is 22.7. The SMILES string of the molecule is CC1CNC(C)(C)CN1c1ccccc1OC(F)(F)F. The molecule has 0 radical (unpaired) electrons. The number of hydrogen-bond acceptors (Lipinski definition) is 3. The summed E-state index contributed by atoms with van der Waals surface area (Å²) >= 11 is 0. The van der Waals surface area contributed by atoms with Gasteiger partial charge in [0.1, 0.15) is 0 Å². The number of halogens is 3. The number of rotatable bonds is 2. The third-order valence-corrected chi connectivity index (χ3v) is 3.37. The van der Waals surface area contributed by atoms with Crippen molar-refractivity contribution in [3.05, 3.63) is 24.3 Å². The first kappa shape index (κ1) is 15.0. The van der Waals surface area contributed by atoms with E-state index >= 15 is 0 Å². The predicted molar refractivity (Wildman–Crippen MR) is 72.0 cm³/mol. The second-order valence-corrected chi connectivity index (χ2v) is 5.76. The van der Waals surface area contributed by atoms with Crippen molar-refractivity contribution in [3.63, 3.8) is 0 Å². The van der Waals surface area contributed by atoms with Crippen LogP contribution < -0.4 is 15.0 Å². The van der Waals surface area contributed by atoms with E-state index in [0.29, 0.717) is 18.8 Å². The number of ether oxygens (including phenoxy) is 1. The molecule has 1 heterocycles. The monoisotopic (exact) mass is 288 g/mol. The van der Waals surface area contributed by atoms with Crippen molar-refractivity contribution in [2.24, 2.45) is 0 Å². The molecule has 0 amide bonds.